The topological polar surface area (TPSA) is 107 Å². The molecule has 3 aliphatic heterocycles. The third-order valence-corrected chi connectivity index (χ3v) is 19.7. The van der Waals surface area contributed by atoms with Gasteiger partial charge in [-0.05, 0) is 149 Å². The Morgan fingerprint density at radius 3 is 2.45 bits per heavy atom. The number of halogens is 1. The van der Waals surface area contributed by atoms with Crippen LogP contribution in [0.5, 0.6) is 11.5 Å². The van der Waals surface area contributed by atoms with Crippen molar-refractivity contribution in [2.24, 2.45) is 11.8 Å². The number of carbonyl (C=O) groups excluding carboxylic acids is 2. The van der Waals surface area contributed by atoms with E-state index in [1.807, 2.05) is 0 Å². The zero-order valence-corrected chi connectivity index (χ0v) is 40.9. The summed E-state index contributed by atoms with van der Waals surface area (Å²) in [5.74, 6) is 2.62. The number of esters is 1. The van der Waals surface area contributed by atoms with Gasteiger partial charge in [-0.25, -0.2) is 4.79 Å². The van der Waals surface area contributed by atoms with Gasteiger partial charge in [0, 0.05) is 60.1 Å². The molecule has 0 unspecified atom stereocenters. The lowest BCUT2D eigenvalue weighted by molar-refractivity contribution is -0.146. The first-order valence-corrected chi connectivity index (χ1v) is 27.2. The van der Waals surface area contributed by atoms with Gasteiger partial charge in [0.1, 0.15) is 28.2 Å². The van der Waals surface area contributed by atoms with Crippen LogP contribution in [0.4, 0.5) is 5.69 Å². The van der Waals surface area contributed by atoms with Crippen molar-refractivity contribution >= 4 is 48.5 Å². The molecule has 0 saturated heterocycles. The Balaban J connectivity index is 0.986. The Labute approximate surface area is 376 Å². The summed E-state index contributed by atoms with van der Waals surface area (Å²) in [7, 11) is -2.22. The molecule has 1 saturated carbocycles. The number of nitrogens with zero attached hydrogens (tertiary/aromatic N) is 1. The minimum Gasteiger partial charge on any atom is -0.543 e. The molecular weight excluding hydrogens is 816 g/mol. The van der Waals surface area contributed by atoms with Crippen molar-refractivity contribution in [2.75, 3.05) is 37.0 Å². The summed E-state index contributed by atoms with van der Waals surface area (Å²) in [4.78, 5) is 41.8. The Bertz CT molecular complexity index is 2190. The first-order chi connectivity index (χ1) is 29.3. The van der Waals surface area contributed by atoms with Gasteiger partial charge in [-0.15, -0.1) is 11.6 Å². The third-order valence-electron chi connectivity index (χ3n) is 15.1. The number of benzene rings is 2. The van der Waals surface area contributed by atoms with E-state index in [1.54, 1.807) is 6.07 Å². The first kappa shape index (κ1) is 46.5. The number of nitrogens with one attached hydrogen (secondary N) is 1. The van der Waals surface area contributed by atoms with Crippen LogP contribution in [-0.4, -0.2) is 57.9 Å². The number of carbonyl (C=O) groups is 2. The molecule has 11 heteroatoms. The molecule has 1 N–H and O–H groups in total. The summed E-state index contributed by atoms with van der Waals surface area (Å²) in [6.07, 6.45) is 13.0. The van der Waals surface area contributed by atoms with Crippen molar-refractivity contribution in [2.45, 2.75) is 173 Å². The van der Waals surface area contributed by atoms with E-state index >= 15 is 0 Å². The van der Waals surface area contributed by atoms with Crippen LogP contribution in [-0.2, 0) is 27.8 Å². The quantitative estimate of drug-likeness (QED) is 0.0498. The van der Waals surface area contributed by atoms with Crippen LogP contribution in [0.15, 0.2) is 33.5 Å². The van der Waals surface area contributed by atoms with E-state index in [0.717, 1.165) is 112 Å². The lowest BCUT2D eigenvalue weighted by Gasteiger charge is -2.50. The van der Waals surface area contributed by atoms with Crippen LogP contribution in [0.25, 0.3) is 11.0 Å². The number of hydrogen-bond donors (Lipinski definition) is 1. The van der Waals surface area contributed by atoms with E-state index < -0.39 is 19.9 Å². The average Bonchev–Trinajstić information content (AvgIpc) is 3.20. The van der Waals surface area contributed by atoms with E-state index in [0.29, 0.717) is 24.5 Å². The van der Waals surface area contributed by atoms with Crippen molar-refractivity contribution in [1.29, 1.82) is 0 Å². The molecular formula is C51H73ClN2O7Si. The predicted octanol–water partition coefficient (Wildman–Crippen LogP) is 11.8. The van der Waals surface area contributed by atoms with E-state index in [2.05, 4.69) is 90.0 Å². The zero-order chi connectivity index (χ0) is 44.6. The third kappa shape index (κ3) is 9.91. The lowest BCUT2D eigenvalue weighted by Crippen LogP contribution is -2.48. The molecule has 0 spiro atoms. The molecule has 62 heavy (non-hydrogen) atoms. The normalized spacial score (nSPS) is 20.7. The highest BCUT2D eigenvalue weighted by Gasteiger charge is 2.49. The molecule has 1 aromatic heterocycles. The van der Waals surface area contributed by atoms with Crippen LogP contribution < -0.4 is 25.0 Å². The molecule has 340 valence electrons. The molecule has 3 atom stereocenters. The van der Waals surface area contributed by atoms with Crippen LogP contribution in [0.3, 0.4) is 0 Å². The number of ether oxygens (including phenoxy) is 2. The SMILES string of the molecule is CC(C)(CCCCCCCl)c1cc2c(c(O[Si](C)(C)C(C)(C)C)c1)[C@@H]1C[C@H](COC(=O)CCCNC(=O)c3cc4cc5c6c(c4oc3=O)CCCN6CCC5)CC[C@H]1C(C)(C)O2. The second kappa shape index (κ2) is 18.5. The molecule has 0 bridgehead atoms. The average molecular weight is 890 g/mol. The van der Waals surface area contributed by atoms with Crippen LogP contribution >= 0.6 is 11.6 Å². The van der Waals surface area contributed by atoms with E-state index in [-0.39, 0.29) is 52.4 Å². The highest BCUT2D eigenvalue weighted by Crippen LogP contribution is 2.57. The van der Waals surface area contributed by atoms with Crippen molar-refractivity contribution in [3.8, 4) is 11.5 Å². The van der Waals surface area contributed by atoms with Gasteiger partial charge in [0.25, 0.3) is 5.91 Å². The Hall–Kier alpha value is -3.50. The molecule has 2 aromatic carbocycles. The maximum absolute atomic E-state index is 13.2. The molecule has 1 fully saturated rings. The number of rotatable bonds is 16. The number of anilines is 1. The van der Waals surface area contributed by atoms with Crippen LogP contribution in [0, 0.1) is 11.8 Å². The summed E-state index contributed by atoms with van der Waals surface area (Å²) in [5, 5.41) is 3.67. The van der Waals surface area contributed by atoms with E-state index in [4.69, 9.17) is 29.9 Å². The van der Waals surface area contributed by atoms with Crippen molar-refractivity contribution < 1.29 is 27.9 Å². The Morgan fingerprint density at radius 1 is 0.968 bits per heavy atom. The number of alkyl halides is 1. The van der Waals surface area contributed by atoms with Gasteiger partial charge in [0.2, 0.25) is 8.32 Å². The minimum atomic E-state index is -2.22. The largest absolute Gasteiger partial charge is 0.543 e. The van der Waals surface area contributed by atoms with Gasteiger partial charge in [0.05, 0.1) is 6.61 Å². The van der Waals surface area contributed by atoms with Gasteiger partial charge in [-0.2, -0.15) is 0 Å². The first-order valence-electron chi connectivity index (χ1n) is 23.7. The maximum atomic E-state index is 13.2. The molecule has 4 aliphatic rings. The highest BCUT2D eigenvalue weighted by atomic mass is 35.5. The van der Waals surface area contributed by atoms with Gasteiger partial charge in [-0.3, -0.25) is 9.59 Å². The van der Waals surface area contributed by atoms with Crippen LogP contribution in [0.1, 0.15) is 164 Å². The number of aryl methyl sites for hydroxylation is 2. The summed E-state index contributed by atoms with van der Waals surface area (Å²) in [6.45, 7) is 23.3. The Morgan fingerprint density at radius 2 is 1.71 bits per heavy atom. The lowest BCUT2D eigenvalue weighted by atomic mass is 9.63. The van der Waals surface area contributed by atoms with Gasteiger partial charge in [0.15, 0.2) is 0 Å². The van der Waals surface area contributed by atoms with Crippen LogP contribution in [0.2, 0.25) is 18.1 Å². The van der Waals surface area contributed by atoms with Gasteiger partial charge >= 0.3 is 11.6 Å². The summed E-state index contributed by atoms with van der Waals surface area (Å²) in [5.41, 5.74) is 5.59. The van der Waals surface area contributed by atoms with Gasteiger partial charge < -0.3 is 28.5 Å². The fourth-order valence-corrected chi connectivity index (χ4v) is 11.7. The number of unbranched alkanes of at least 4 members (excludes halogenated alkanes) is 3. The van der Waals surface area contributed by atoms with Crippen molar-refractivity contribution in [3.63, 3.8) is 0 Å². The number of amides is 1. The summed E-state index contributed by atoms with van der Waals surface area (Å²) < 4.78 is 26.0. The Kier molecular flexibility index (Phi) is 13.9. The maximum Gasteiger partial charge on any atom is 0.349 e. The summed E-state index contributed by atoms with van der Waals surface area (Å²) in [6, 6.07) is 8.40. The fourth-order valence-electron chi connectivity index (χ4n) is 10.4. The molecule has 4 heterocycles. The van der Waals surface area contributed by atoms with E-state index in [1.165, 1.54) is 28.8 Å². The highest BCUT2D eigenvalue weighted by molar-refractivity contribution is 6.74. The van der Waals surface area contributed by atoms with Crippen molar-refractivity contribution in [3.05, 3.63) is 62.5 Å². The monoisotopic (exact) mass is 888 g/mol. The number of hydrogen-bond acceptors (Lipinski definition) is 8. The molecule has 0 radical (unpaired) electrons. The van der Waals surface area contributed by atoms with Crippen molar-refractivity contribution in [1.82, 2.24) is 5.32 Å². The van der Waals surface area contributed by atoms with E-state index in [9.17, 15) is 14.4 Å². The molecule has 7 rings (SSSR count). The predicted molar refractivity (Wildman–Crippen MR) is 253 cm³/mol. The molecule has 1 aliphatic carbocycles. The molecule has 3 aromatic rings. The second-order valence-electron chi connectivity index (χ2n) is 21.5. The smallest absolute Gasteiger partial charge is 0.349 e. The standard InChI is InChI=1S/C51H73ClN2O7Si/c1-49(2,3)62(8,9)61-42-31-36(50(4,5)22-12-10-11-13-23-52)30-41-44(42)38-27-33(20-21-40(38)51(6,7)60-41)32-58-43(55)19-14-24-53-47(56)39-29-35-28-34-17-15-25-54-26-16-18-37(45(34)54)46(35)59-48(39)57/h28-31,33,38,40H,10-27,32H2,1-9H3,(H,53,56)/t33-,38-,40-/m1/s1. The zero-order valence-electron chi connectivity index (χ0n) is 39.2. The fraction of sp³-hybridized carbons (Fsp3) is 0.667. The molecule has 1 amide bonds. The second-order valence-corrected chi connectivity index (χ2v) is 26.7. The summed E-state index contributed by atoms with van der Waals surface area (Å²) >= 11 is 5.97. The minimum absolute atomic E-state index is 0.00387. The molecule has 9 nitrogen and oxygen atoms in total. The number of fused-ring (bicyclic) bond motifs is 5. The van der Waals surface area contributed by atoms with Gasteiger partial charge in [-0.1, -0.05) is 53.9 Å².